The van der Waals surface area contributed by atoms with Crippen LogP contribution in [0.2, 0.25) is 0 Å². The maximum atomic E-state index is 13.9. The van der Waals surface area contributed by atoms with E-state index in [9.17, 15) is 9.50 Å². The number of benzene rings is 1. The van der Waals surface area contributed by atoms with Gasteiger partial charge in [-0.25, -0.2) is 4.39 Å². The highest BCUT2D eigenvalue weighted by atomic mass is 32.1. The Bertz CT molecular complexity index is 590. The summed E-state index contributed by atoms with van der Waals surface area (Å²) in [7, 11) is 0. The lowest BCUT2D eigenvalue weighted by molar-refractivity contribution is 0.132. The van der Waals surface area contributed by atoms with Crippen molar-refractivity contribution < 1.29 is 9.50 Å². The molecule has 0 bridgehead atoms. The molecule has 2 aromatic rings. The van der Waals surface area contributed by atoms with Crippen LogP contribution in [0.15, 0.2) is 29.6 Å². The highest BCUT2D eigenvalue weighted by Gasteiger charge is 2.29. The van der Waals surface area contributed by atoms with Crippen molar-refractivity contribution in [3.05, 3.63) is 57.0 Å². The lowest BCUT2D eigenvalue weighted by Gasteiger charge is -2.28. The number of aliphatic hydroxyl groups excluding tert-OH is 1. The number of halogens is 1. The normalized spacial score (nSPS) is 20.1. The van der Waals surface area contributed by atoms with Gasteiger partial charge < -0.3 is 5.11 Å². The molecule has 2 unspecified atom stereocenters. The van der Waals surface area contributed by atoms with Gasteiger partial charge in [0.2, 0.25) is 0 Å². The van der Waals surface area contributed by atoms with E-state index < -0.39 is 6.10 Å². The van der Waals surface area contributed by atoms with Gasteiger partial charge in [-0.05, 0) is 49.3 Å². The van der Waals surface area contributed by atoms with Crippen LogP contribution in [0.3, 0.4) is 0 Å². The molecule has 100 valence electrons. The molecule has 1 N–H and O–H groups in total. The van der Waals surface area contributed by atoms with Crippen molar-refractivity contribution in [1.82, 2.24) is 0 Å². The molecule has 1 aliphatic rings. The fraction of sp³-hybridized carbons (Fsp3) is 0.375. The summed E-state index contributed by atoms with van der Waals surface area (Å²) in [5.74, 6) is -0.272. The van der Waals surface area contributed by atoms with Crippen LogP contribution in [0.25, 0.3) is 0 Å². The second-order valence-electron chi connectivity index (χ2n) is 5.27. The van der Waals surface area contributed by atoms with Crippen molar-refractivity contribution in [2.75, 3.05) is 0 Å². The molecule has 0 amide bonds. The van der Waals surface area contributed by atoms with Crippen LogP contribution in [-0.4, -0.2) is 5.11 Å². The summed E-state index contributed by atoms with van der Waals surface area (Å²) in [6.45, 7) is 1.92. The second kappa shape index (κ2) is 5.06. The third-order valence-corrected chi connectivity index (χ3v) is 4.95. The van der Waals surface area contributed by atoms with Crippen LogP contribution in [0.4, 0.5) is 4.39 Å². The topological polar surface area (TPSA) is 20.2 Å². The molecule has 3 rings (SSSR count). The highest BCUT2D eigenvalue weighted by molar-refractivity contribution is 7.10. The minimum absolute atomic E-state index is 0.0336. The molecule has 0 saturated carbocycles. The third kappa shape index (κ3) is 2.33. The molecule has 0 spiro atoms. The van der Waals surface area contributed by atoms with E-state index in [1.54, 1.807) is 23.5 Å². The van der Waals surface area contributed by atoms with Crippen LogP contribution in [-0.2, 0) is 6.42 Å². The Morgan fingerprint density at radius 3 is 3.05 bits per heavy atom. The van der Waals surface area contributed by atoms with Gasteiger partial charge in [-0.3, -0.25) is 0 Å². The summed E-state index contributed by atoms with van der Waals surface area (Å²) in [5, 5.41) is 12.7. The average molecular weight is 276 g/mol. The molecule has 1 aromatic carbocycles. The summed E-state index contributed by atoms with van der Waals surface area (Å²) < 4.78 is 13.9. The Balaban J connectivity index is 1.97. The van der Waals surface area contributed by atoms with Crippen molar-refractivity contribution >= 4 is 11.3 Å². The fourth-order valence-corrected chi connectivity index (χ4v) is 3.95. The van der Waals surface area contributed by atoms with E-state index in [2.05, 4.69) is 11.4 Å². The maximum Gasteiger partial charge on any atom is 0.129 e. The summed E-state index contributed by atoms with van der Waals surface area (Å²) >= 11 is 1.74. The van der Waals surface area contributed by atoms with Crippen molar-refractivity contribution in [2.45, 2.75) is 38.2 Å². The Kier molecular flexibility index (Phi) is 3.42. The van der Waals surface area contributed by atoms with Gasteiger partial charge >= 0.3 is 0 Å². The zero-order valence-corrected chi connectivity index (χ0v) is 11.7. The Morgan fingerprint density at radius 2 is 2.21 bits per heavy atom. The number of hydrogen-bond acceptors (Lipinski definition) is 2. The zero-order chi connectivity index (χ0) is 13.4. The van der Waals surface area contributed by atoms with Gasteiger partial charge in [0, 0.05) is 16.4 Å². The van der Waals surface area contributed by atoms with Crippen molar-refractivity contribution in [1.29, 1.82) is 0 Å². The molecule has 1 aromatic heterocycles. The lowest BCUT2D eigenvalue weighted by atomic mass is 9.81. The minimum atomic E-state index is -0.742. The molecular formula is C16H17FOS. The van der Waals surface area contributed by atoms with E-state index >= 15 is 0 Å². The summed E-state index contributed by atoms with van der Waals surface area (Å²) in [5.41, 5.74) is 2.63. The molecule has 1 heterocycles. The van der Waals surface area contributed by atoms with Crippen LogP contribution in [0, 0.1) is 12.7 Å². The number of thiophene rings is 1. The van der Waals surface area contributed by atoms with E-state index in [1.807, 2.05) is 6.92 Å². The smallest absolute Gasteiger partial charge is 0.129 e. The molecule has 0 radical (unpaired) electrons. The van der Waals surface area contributed by atoms with Gasteiger partial charge in [-0.1, -0.05) is 17.7 Å². The average Bonchev–Trinajstić information content (AvgIpc) is 2.89. The van der Waals surface area contributed by atoms with Gasteiger partial charge in [0.05, 0.1) is 6.10 Å². The van der Waals surface area contributed by atoms with Crippen LogP contribution >= 0.6 is 11.3 Å². The Morgan fingerprint density at radius 1 is 1.37 bits per heavy atom. The number of hydrogen-bond donors (Lipinski definition) is 1. The molecule has 2 atom stereocenters. The Labute approximate surface area is 116 Å². The van der Waals surface area contributed by atoms with E-state index in [0.29, 0.717) is 5.56 Å². The summed E-state index contributed by atoms with van der Waals surface area (Å²) in [4.78, 5) is 1.35. The summed E-state index contributed by atoms with van der Waals surface area (Å²) in [6, 6.07) is 7.04. The van der Waals surface area contributed by atoms with Crippen LogP contribution < -0.4 is 0 Å². The predicted octanol–water partition coefficient (Wildman–Crippen LogP) is 4.35. The fourth-order valence-electron chi connectivity index (χ4n) is 2.96. The molecule has 3 heteroatoms. The maximum absolute atomic E-state index is 13.9. The molecule has 1 nitrogen and oxygen atoms in total. The molecule has 19 heavy (non-hydrogen) atoms. The number of aryl methyl sites for hydroxylation is 2. The van der Waals surface area contributed by atoms with Gasteiger partial charge in [0.25, 0.3) is 0 Å². The summed E-state index contributed by atoms with van der Waals surface area (Å²) in [6.07, 6.45) is 2.35. The van der Waals surface area contributed by atoms with Crippen molar-refractivity contribution in [3.8, 4) is 0 Å². The standard InChI is InChI=1S/C16H17FOS/c1-10-5-6-14(17)13(9-10)16(18)12-3-2-4-15-11(12)7-8-19-15/h5-9,12,16,18H,2-4H2,1H3. The molecule has 0 saturated heterocycles. The first-order chi connectivity index (χ1) is 9.16. The molecule has 1 aliphatic carbocycles. The minimum Gasteiger partial charge on any atom is -0.388 e. The van der Waals surface area contributed by atoms with Crippen LogP contribution in [0.5, 0.6) is 0 Å². The number of rotatable bonds is 2. The monoisotopic (exact) mass is 276 g/mol. The van der Waals surface area contributed by atoms with E-state index in [-0.39, 0.29) is 11.7 Å². The largest absolute Gasteiger partial charge is 0.388 e. The molecule has 0 fully saturated rings. The van der Waals surface area contributed by atoms with E-state index in [1.165, 1.54) is 16.5 Å². The molecule has 0 aliphatic heterocycles. The van der Waals surface area contributed by atoms with Crippen LogP contribution in [0.1, 0.15) is 46.4 Å². The Hall–Kier alpha value is -1.19. The van der Waals surface area contributed by atoms with Crippen molar-refractivity contribution in [3.63, 3.8) is 0 Å². The first-order valence-corrected chi connectivity index (χ1v) is 7.55. The van der Waals surface area contributed by atoms with E-state index in [0.717, 1.165) is 24.8 Å². The highest BCUT2D eigenvalue weighted by Crippen LogP contribution is 2.42. The third-order valence-electron chi connectivity index (χ3n) is 3.95. The SMILES string of the molecule is Cc1ccc(F)c(C(O)C2CCCc3sccc32)c1. The van der Waals surface area contributed by atoms with Gasteiger partial charge in [-0.2, -0.15) is 0 Å². The van der Waals surface area contributed by atoms with Gasteiger partial charge in [-0.15, -0.1) is 11.3 Å². The number of aliphatic hydroxyl groups is 1. The van der Waals surface area contributed by atoms with Gasteiger partial charge in [0.15, 0.2) is 0 Å². The predicted molar refractivity (Wildman–Crippen MR) is 76.1 cm³/mol. The molecular weight excluding hydrogens is 259 g/mol. The first-order valence-electron chi connectivity index (χ1n) is 6.67. The first kappa shape index (κ1) is 12.8. The zero-order valence-electron chi connectivity index (χ0n) is 10.9. The van der Waals surface area contributed by atoms with Gasteiger partial charge in [0.1, 0.15) is 5.82 Å². The van der Waals surface area contributed by atoms with Crippen molar-refractivity contribution in [2.24, 2.45) is 0 Å². The number of fused-ring (bicyclic) bond motifs is 1. The lowest BCUT2D eigenvalue weighted by Crippen LogP contribution is -2.16. The quantitative estimate of drug-likeness (QED) is 0.864. The second-order valence-corrected chi connectivity index (χ2v) is 6.27. The van der Waals surface area contributed by atoms with E-state index in [4.69, 9.17) is 0 Å².